The Morgan fingerprint density at radius 3 is 2.94 bits per heavy atom. The molecule has 2 N–H and O–H groups in total. The Morgan fingerprint density at radius 2 is 2.44 bits per heavy atom. The predicted octanol–water partition coefficient (Wildman–Crippen LogP) is 1.07. The minimum atomic E-state index is -0.461. The van der Waals surface area contributed by atoms with Crippen molar-refractivity contribution < 1.29 is 9.53 Å². The molecule has 0 saturated heterocycles. The maximum Gasteiger partial charge on any atom is 0.239 e. The molecule has 0 fully saturated rings. The van der Waals surface area contributed by atoms with E-state index in [2.05, 4.69) is 0 Å². The Morgan fingerprint density at radius 1 is 1.69 bits per heavy atom. The van der Waals surface area contributed by atoms with Gasteiger partial charge in [-0.05, 0) is 18.4 Å². The molecule has 1 aromatic heterocycles. The first kappa shape index (κ1) is 13.2. The molecule has 4 nitrogen and oxygen atoms in total. The van der Waals surface area contributed by atoms with E-state index >= 15 is 0 Å². The number of nitrogens with two attached hydrogens (primary N) is 1. The Kier molecular flexibility index (Phi) is 5.45. The van der Waals surface area contributed by atoms with Gasteiger partial charge in [-0.15, -0.1) is 11.3 Å². The predicted molar refractivity (Wildman–Crippen MR) is 65.3 cm³/mol. The Balaban J connectivity index is 2.60. The quantitative estimate of drug-likeness (QED) is 0.812. The molecule has 1 amide bonds. The third kappa shape index (κ3) is 3.92. The van der Waals surface area contributed by atoms with Crippen LogP contribution in [0.5, 0.6) is 0 Å². The second-order valence-corrected chi connectivity index (χ2v) is 4.65. The van der Waals surface area contributed by atoms with Gasteiger partial charge in [0.25, 0.3) is 0 Å². The lowest BCUT2D eigenvalue weighted by molar-refractivity contribution is -0.133. The average Bonchev–Trinajstić information content (AvgIpc) is 2.75. The van der Waals surface area contributed by atoms with Crippen LogP contribution in [-0.2, 0) is 16.1 Å². The largest absolute Gasteiger partial charge is 0.383 e. The minimum Gasteiger partial charge on any atom is -0.383 e. The minimum absolute atomic E-state index is 0.0366. The third-order valence-electron chi connectivity index (χ3n) is 2.19. The van der Waals surface area contributed by atoms with E-state index in [4.69, 9.17) is 10.5 Å². The van der Waals surface area contributed by atoms with Gasteiger partial charge >= 0.3 is 0 Å². The maximum absolute atomic E-state index is 11.8. The second-order valence-electron chi connectivity index (χ2n) is 3.62. The van der Waals surface area contributed by atoms with Crippen LogP contribution >= 0.6 is 11.3 Å². The van der Waals surface area contributed by atoms with Gasteiger partial charge in [0.05, 0.1) is 19.2 Å². The van der Waals surface area contributed by atoms with Crippen molar-refractivity contribution >= 4 is 17.2 Å². The van der Waals surface area contributed by atoms with Gasteiger partial charge in [0.2, 0.25) is 5.91 Å². The normalized spacial score (nSPS) is 12.4. The van der Waals surface area contributed by atoms with E-state index in [0.29, 0.717) is 19.7 Å². The molecule has 0 aliphatic heterocycles. The molecule has 1 unspecified atom stereocenters. The van der Waals surface area contributed by atoms with Crippen LogP contribution in [-0.4, -0.2) is 37.1 Å². The number of carbonyl (C=O) groups excluding carboxylic acids is 1. The molecule has 16 heavy (non-hydrogen) atoms. The molecule has 90 valence electrons. The summed E-state index contributed by atoms with van der Waals surface area (Å²) in [6, 6.07) is 3.53. The SMILES string of the molecule is COCCN(Cc1cccs1)C(=O)C(C)N. The first-order valence-electron chi connectivity index (χ1n) is 5.21. The highest BCUT2D eigenvalue weighted by Crippen LogP contribution is 2.12. The fraction of sp³-hybridized carbons (Fsp3) is 0.545. The number of hydrogen-bond acceptors (Lipinski definition) is 4. The third-order valence-corrected chi connectivity index (χ3v) is 3.05. The lowest BCUT2D eigenvalue weighted by Crippen LogP contribution is -2.42. The number of thiophene rings is 1. The lowest BCUT2D eigenvalue weighted by atomic mass is 10.3. The van der Waals surface area contributed by atoms with E-state index in [0.717, 1.165) is 4.88 Å². The zero-order valence-electron chi connectivity index (χ0n) is 9.68. The monoisotopic (exact) mass is 242 g/mol. The van der Waals surface area contributed by atoms with Crippen LogP contribution in [0.4, 0.5) is 0 Å². The molecule has 1 heterocycles. The fourth-order valence-corrected chi connectivity index (χ4v) is 2.07. The van der Waals surface area contributed by atoms with Crippen molar-refractivity contribution in [3.8, 4) is 0 Å². The van der Waals surface area contributed by atoms with E-state index < -0.39 is 6.04 Å². The zero-order valence-corrected chi connectivity index (χ0v) is 10.5. The Bertz CT molecular complexity index is 312. The summed E-state index contributed by atoms with van der Waals surface area (Å²) >= 11 is 1.64. The molecule has 5 heteroatoms. The average molecular weight is 242 g/mol. The highest BCUT2D eigenvalue weighted by atomic mass is 32.1. The molecule has 1 atom stereocenters. The molecule has 0 saturated carbocycles. The highest BCUT2D eigenvalue weighted by molar-refractivity contribution is 7.09. The van der Waals surface area contributed by atoms with E-state index in [1.807, 2.05) is 17.5 Å². The zero-order chi connectivity index (χ0) is 12.0. The topological polar surface area (TPSA) is 55.6 Å². The summed E-state index contributed by atoms with van der Waals surface area (Å²) in [6.07, 6.45) is 0. The molecule has 0 bridgehead atoms. The van der Waals surface area contributed by atoms with Gasteiger partial charge < -0.3 is 15.4 Å². The van der Waals surface area contributed by atoms with Gasteiger partial charge in [0.1, 0.15) is 0 Å². The van der Waals surface area contributed by atoms with Crippen LogP contribution in [0, 0.1) is 0 Å². The van der Waals surface area contributed by atoms with Gasteiger partial charge in [-0.1, -0.05) is 6.07 Å². The molecular formula is C11H18N2O2S. The number of nitrogens with zero attached hydrogens (tertiary/aromatic N) is 1. The van der Waals surface area contributed by atoms with Crippen molar-refractivity contribution in [2.24, 2.45) is 5.73 Å². The lowest BCUT2D eigenvalue weighted by Gasteiger charge is -2.23. The molecule has 1 aromatic rings. The van der Waals surface area contributed by atoms with Gasteiger partial charge in [-0.3, -0.25) is 4.79 Å². The number of rotatable bonds is 6. The maximum atomic E-state index is 11.8. The summed E-state index contributed by atoms with van der Waals surface area (Å²) in [5.74, 6) is -0.0366. The first-order valence-corrected chi connectivity index (χ1v) is 6.08. The van der Waals surface area contributed by atoms with Gasteiger partial charge in [-0.2, -0.15) is 0 Å². The molecule has 0 aliphatic rings. The number of hydrogen-bond donors (Lipinski definition) is 1. The molecular weight excluding hydrogens is 224 g/mol. The van der Waals surface area contributed by atoms with E-state index in [9.17, 15) is 4.79 Å². The van der Waals surface area contributed by atoms with Crippen molar-refractivity contribution in [1.29, 1.82) is 0 Å². The molecule has 0 aromatic carbocycles. The van der Waals surface area contributed by atoms with Crippen molar-refractivity contribution in [3.05, 3.63) is 22.4 Å². The van der Waals surface area contributed by atoms with Crippen molar-refractivity contribution in [3.63, 3.8) is 0 Å². The highest BCUT2D eigenvalue weighted by Gasteiger charge is 2.17. The van der Waals surface area contributed by atoms with Crippen LogP contribution in [0.25, 0.3) is 0 Å². The number of amides is 1. The Hall–Kier alpha value is -0.910. The fourth-order valence-electron chi connectivity index (χ4n) is 1.35. The molecule has 0 aliphatic carbocycles. The van der Waals surface area contributed by atoms with E-state index in [1.165, 1.54) is 0 Å². The van der Waals surface area contributed by atoms with Gasteiger partial charge in [-0.25, -0.2) is 0 Å². The summed E-state index contributed by atoms with van der Waals surface area (Å²) < 4.78 is 4.99. The molecule has 0 radical (unpaired) electrons. The van der Waals surface area contributed by atoms with Crippen LogP contribution in [0.3, 0.4) is 0 Å². The summed E-state index contributed by atoms with van der Waals surface area (Å²) in [6.45, 7) is 3.43. The number of methoxy groups -OCH3 is 1. The smallest absolute Gasteiger partial charge is 0.239 e. The van der Waals surface area contributed by atoms with Crippen molar-refractivity contribution in [1.82, 2.24) is 4.90 Å². The van der Waals surface area contributed by atoms with Crippen LogP contribution in [0.2, 0.25) is 0 Å². The first-order chi connectivity index (χ1) is 7.65. The summed E-state index contributed by atoms with van der Waals surface area (Å²) in [4.78, 5) is 14.7. The standard InChI is InChI=1S/C11H18N2O2S/c1-9(12)11(14)13(5-6-15-2)8-10-4-3-7-16-10/h3-4,7,9H,5-6,8,12H2,1-2H3. The number of carbonyl (C=O) groups is 1. The van der Waals surface area contributed by atoms with Gasteiger partial charge in [0.15, 0.2) is 0 Å². The summed E-state index contributed by atoms with van der Waals surface area (Å²) in [7, 11) is 1.62. The Labute approximate surface area is 100 Å². The van der Waals surface area contributed by atoms with Gasteiger partial charge in [0, 0.05) is 18.5 Å². The van der Waals surface area contributed by atoms with Crippen LogP contribution < -0.4 is 5.73 Å². The number of ether oxygens (including phenoxy) is 1. The van der Waals surface area contributed by atoms with Crippen LogP contribution in [0.1, 0.15) is 11.8 Å². The molecule has 0 spiro atoms. The molecule has 1 rings (SSSR count). The second kappa shape index (κ2) is 6.62. The van der Waals surface area contributed by atoms with Crippen molar-refractivity contribution in [2.45, 2.75) is 19.5 Å². The van der Waals surface area contributed by atoms with Crippen molar-refractivity contribution in [2.75, 3.05) is 20.3 Å². The van der Waals surface area contributed by atoms with Crippen LogP contribution in [0.15, 0.2) is 17.5 Å². The summed E-state index contributed by atoms with van der Waals surface area (Å²) in [5, 5.41) is 2.00. The van der Waals surface area contributed by atoms with E-state index in [1.54, 1.807) is 30.3 Å². The summed E-state index contributed by atoms with van der Waals surface area (Å²) in [5.41, 5.74) is 5.61. The van der Waals surface area contributed by atoms with E-state index in [-0.39, 0.29) is 5.91 Å².